The zero-order valence-electron chi connectivity index (χ0n) is 13.8. The van der Waals surface area contributed by atoms with E-state index in [0.717, 1.165) is 12.0 Å². The lowest BCUT2D eigenvalue weighted by Crippen LogP contribution is -2.29. The first-order valence-electron chi connectivity index (χ1n) is 8.33. The first-order chi connectivity index (χ1) is 11.5. The van der Waals surface area contributed by atoms with Gasteiger partial charge in [-0.15, -0.1) is 0 Å². The highest BCUT2D eigenvalue weighted by molar-refractivity contribution is 5.63. The Hall–Kier alpha value is -2.62. The minimum Gasteiger partial charge on any atom is -0.378 e. The second-order valence-corrected chi connectivity index (χ2v) is 6.87. The number of benzene rings is 2. The number of nitrogens with one attached hydrogen (secondary N) is 1. The van der Waals surface area contributed by atoms with Gasteiger partial charge in [0.05, 0.1) is 11.0 Å². The molecule has 0 unspecified atom stereocenters. The van der Waals surface area contributed by atoms with Gasteiger partial charge in [0.1, 0.15) is 0 Å². The average molecular weight is 320 g/mol. The number of fused-ring (bicyclic) bond motifs is 3. The van der Waals surface area contributed by atoms with Crippen molar-refractivity contribution in [1.29, 1.82) is 0 Å². The summed E-state index contributed by atoms with van der Waals surface area (Å²) in [5.74, 6) is 0.877. The standard InChI is InChI=1S/C20H20N2O2/c1-12-10-13(2)19-16-4-3-5-17(16)20(21-18(19)11-12)14-6-8-15(9-7-14)22(23)24/h3-4,6-11,16-17,20-21H,5H2,1-2H3/t16-,17-,20+/m1/s1. The predicted octanol–water partition coefficient (Wildman–Crippen LogP) is 5.04. The van der Waals surface area contributed by atoms with E-state index < -0.39 is 0 Å². The molecule has 1 N–H and O–H groups in total. The number of aryl methyl sites for hydroxylation is 2. The molecule has 4 nitrogen and oxygen atoms in total. The quantitative estimate of drug-likeness (QED) is 0.479. The summed E-state index contributed by atoms with van der Waals surface area (Å²) in [7, 11) is 0. The van der Waals surface area contributed by atoms with E-state index in [1.54, 1.807) is 12.1 Å². The number of nitro benzene ring substituents is 1. The highest BCUT2D eigenvalue weighted by Crippen LogP contribution is 2.51. The number of non-ortho nitro benzene ring substituents is 1. The lowest BCUT2D eigenvalue weighted by molar-refractivity contribution is -0.384. The van der Waals surface area contributed by atoms with Crippen molar-refractivity contribution >= 4 is 11.4 Å². The van der Waals surface area contributed by atoms with Crippen molar-refractivity contribution in [3.63, 3.8) is 0 Å². The van der Waals surface area contributed by atoms with Crippen molar-refractivity contribution in [3.05, 3.63) is 80.9 Å². The Kier molecular flexibility index (Phi) is 3.41. The number of allylic oxidation sites excluding steroid dienone is 2. The number of anilines is 1. The van der Waals surface area contributed by atoms with E-state index in [2.05, 4.69) is 43.4 Å². The van der Waals surface area contributed by atoms with Crippen LogP contribution in [-0.4, -0.2) is 4.92 Å². The first kappa shape index (κ1) is 14.9. The van der Waals surface area contributed by atoms with E-state index >= 15 is 0 Å². The topological polar surface area (TPSA) is 55.2 Å². The highest BCUT2D eigenvalue weighted by Gasteiger charge is 2.38. The smallest absolute Gasteiger partial charge is 0.269 e. The lowest BCUT2D eigenvalue weighted by atomic mass is 9.75. The fourth-order valence-electron chi connectivity index (χ4n) is 4.27. The number of nitro groups is 1. The normalized spacial score (nSPS) is 24.2. The van der Waals surface area contributed by atoms with Crippen LogP contribution in [0, 0.1) is 29.9 Å². The fourth-order valence-corrected chi connectivity index (χ4v) is 4.27. The van der Waals surface area contributed by atoms with Gasteiger partial charge in [0, 0.05) is 23.7 Å². The van der Waals surface area contributed by atoms with Gasteiger partial charge in [-0.3, -0.25) is 10.1 Å². The maximum atomic E-state index is 10.9. The minimum absolute atomic E-state index is 0.141. The van der Waals surface area contributed by atoms with E-state index in [4.69, 9.17) is 0 Å². The number of nitrogens with zero attached hydrogens (tertiary/aromatic N) is 1. The van der Waals surface area contributed by atoms with Gasteiger partial charge in [0.25, 0.3) is 5.69 Å². The fraction of sp³-hybridized carbons (Fsp3) is 0.300. The summed E-state index contributed by atoms with van der Waals surface area (Å²) in [6, 6.07) is 11.6. The summed E-state index contributed by atoms with van der Waals surface area (Å²) in [5.41, 5.74) is 6.44. The van der Waals surface area contributed by atoms with Crippen molar-refractivity contribution in [2.24, 2.45) is 5.92 Å². The summed E-state index contributed by atoms with van der Waals surface area (Å²) < 4.78 is 0. The molecule has 0 saturated heterocycles. The first-order valence-corrected chi connectivity index (χ1v) is 8.33. The summed E-state index contributed by atoms with van der Waals surface area (Å²) in [6.07, 6.45) is 5.63. The number of rotatable bonds is 2. The molecule has 24 heavy (non-hydrogen) atoms. The van der Waals surface area contributed by atoms with Crippen molar-refractivity contribution in [2.75, 3.05) is 5.32 Å². The van der Waals surface area contributed by atoms with Gasteiger partial charge in [-0.1, -0.05) is 30.4 Å². The SMILES string of the molecule is Cc1cc(C)c2c(c1)N[C@@H](c1ccc([N+](=O)[O-])cc1)[C@@H]1CC=C[C@@H]21. The Morgan fingerprint density at radius 1 is 1.17 bits per heavy atom. The number of hydrogen-bond acceptors (Lipinski definition) is 3. The van der Waals surface area contributed by atoms with Crippen molar-refractivity contribution in [2.45, 2.75) is 32.2 Å². The molecule has 0 fully saturated rings. The molecular formula is C20H20N2O2. The molecule has 0 aromatic heterocycles. The van der Waals surface area contributed by atoms with Crippen LogP contribution in [0.1, 0.15) is 40.6 Å². The molecule has 0 radical (unpaired) electrons. The Balaban J connectivity index is 1.76. The van der Waals surface area contributed by atoms with E-state index in [0.29, 0.717) is 11.8 Å². The number of hydrogen-bond donors (Lipinski definition) is 1. The molecule has 2 aliphatic rings. The lowest BCUT2D eigenvalue weighted by Gasteiger charge is -2.38. The Morgan fingerprint density at radius 3 is 2.62 bits per heavy atom. The molecule has 0 spiro atoms. The van der Waals surface area contributed by atoms with Crippen molar-refractivity contribution in [3.8, 4) is 0 Å². The maximum absolute atomic E-state index is 10.9. The second-order valence-electron chi connectivity index (χ2n) is 6.87. The van der Waals surface area contributed by atoms with Crippen molar-refractivity contribution < 1.29 is 4.92 Å². The third-order valence-electron chi connectivity index (χ3n) is 5.28. The molecule has 3 atom stereocenters. The maximum Gasteiger partial charge on any atom is 0.269 e. The average Bonchev–Trinajstić information content (AvgIpc) is 3.02. The van der Waals surface area contributed by atoms with Crippen LogP contribution in [0.2, 0.25) is 0 Å². The van der Waals surface area contributed by atoms with E-state index in [1.807, 2.05) is 12.1 Å². The molecule has 1 aliphatic carbocycles. The Morgan fingerprint density at radius 2 is 1.92 bits per heavy atom. The molecule has 1 aliphatic heterocycles. The highest BCUT2D eigenvalue weighted by atomic mass is 16.6. The minimum atomic E-state index is -0.347. The zero-order chi connectivity index (χ0) is 16.8. The van der Waals surface area contributed by atoms with Gasteiger partial charge >= 0.3 is 0 Å². The van der Waals surface area contributed by atoms with Gasteiger partial charge in [0.15, 0.2) is 0 Å². The third kappa shape index (κ3) is 2.30. The molecule has 4 rings (SSSR count). The molecule has 4 heteroatoms. The molecule has 0 saturated carbocycles. The van der Waals surface area contributed by atoms with Crippen molar-refractivity contribution in [1.82, 2.24) is 0 Å². The van der Waals surface area contributed by atoms with Crippen LogP contribution in [0.3, 0.4) is 0 Å². The van der Waals surface area contributed by atoms with Crippen LogP contribution in [0.4, 0.5) is 11.4 Å². The van der Waals surface area contributed by atoms with Crippen LogP contribution in [0.5, 0.6) is 0 Å². The molecule has 1 heterocycles. The van der Waals surface area contributed by atoms with Gasteiger partial charge in [0.2, 0.25) is 0 Å². The van der Waals surface area contributed by atoms with Gasteiger partial charge in [-0.2, -0.15) is 0 Å². The van der Waals surface area contributed by atoms with E-state index in [-0.39, 0.29) is 16.7 Å². The van der Waals surface area contributed by atoms with E-state index in [9.17, 15) is 10.1 Å². The van der Waals surface area contributed by atoms with E-state index in [1.165, 1.54) is 22.4 Å². The zero-order valence-corrected chi connectivity index (χ0v) is 13.8. The monoisotopic (exact) mass is 320 g/mol. The van der Waals surface area contributed by atoms with Crippen LogP contribution < -0.4 is 5.32 Å². The van der Waals surface area contributed by atoms with Gasteiger partial charge < -0.3 is 5.32 Å². The summed E-state index contributed by atoms with van der Waals surface area (Å²) in [4.78, 5) is 10.5. The molecule has 0 bridgehead atoms. The van der Waals surface area contributed by atoms with Crippen LogP contribution in [0.15, 0.2) is 48.6 Å². The Bertz CT molecular complexity index is 839. The molecular weight excluding hydrogens is 300 g/mol. The third-order valence-corrected chi connectivity index (χ3v) is 5.28. The molecule has 2 aromatic rings. The molecule has 0 amide bonds. The predicted molar refractivity (Wildman–Crippen MR) is 95.4 cm³/mol. The van der Waals surface area contributed by atoms with Gasteiger partial charge in [-0.25, -0.2) is 0 Å². The van der Waals surface area contributed by atoms with Crippen LogP contribution in [-0.2, 0) is 0 Å². The van der Waals surface area contributed by atoms with Crippen LogP contribution >= 0.6 is 0 Å². The molecule has 122 valence electrons. The van der Waals surface area contributed by atoms with Crippen LogP contribution in [0.25, 0.3) is 0 Å². The largest absolute Gasteiger partial charge is 0.378 e. The Labute approximate surface area is 141 Å². The second kappa shape index (κ2) is 5.48. The molecule has 2 aromatic carbocycles. The summed E-state index contributed by atoms with van der Waals surface area (Å²) in [6.45, 7) is 4.30. The summed E-state index contributed by atoms with van der Waals surface area (Å²) >= 11 is 0. The van der Waals surface area contributed by atoms with Gasteiger partial charge in [-0.05, 0) is 54.5 Å². The summed E-state index contributed by atoms with van der Waals surface area (Å²) in [5, 5.41) is 14.6.